The molecular weight excluding hydrogens is 344 g/mol. The number of nitrogens with one attached hydrogen (secondary N) is 1. The number of hydrogen-bond donors (Lipinski definition) is 1. The summed E-state index contributed by atoms with van der Waals surface area (Å²) in [6, 6.07) is 14.9. The zero-order valence-corrected chi connectivity index (χ0v) is 15.4. The molecule has 0 saturated carbocycles. The van der Waals surface area contributed by atoms with Gasteiger partial charge in [-0.3, -0.25) is 15.0 Å². The van der Waals surface area contributed by atoms with E-state index in [0.29, 0.717) is 24.3 Å². The summed E-state index contributed by atoms with van der Waals surface area (Å²) in [5, 5.41) is 13.9. The van der Waals surface area contributed by atoms with E-state index in [1.165, 1.54) is 11.6 Å². The number of hydrogen-bond acceptors (Lipinski definition) is 4. The second-order valence-corrected chi connectivity index (χ2v) is 6.70. The summed E-state index contributed by atoms with van der Waals surface area (Å²) in [4.78, 5) is 27.2. The van der Waals surface area contributed by atoms with Crippen LogP contribution in [0.3, 0.4) is 0 Å². The van der Waals surface area contributed by atoms with Crippen LogP contribution in [0.4, 0.5) is 16.2 Å². The van der Waals surface area contributed by atoms with Crippen LogP contribution in [0.1, 0.15) is 11.1 Å². The molecule has 0 atom stereocenters. The van der Waals surface area contributed by atoms with Crippen molar-refractivity contribution in [3.05, 3.63) is 69.8 Å². The number of piperazine rings is 1. The molecule has 2 aromatic carbocycles. The van der Waals surface area contributed by atoms with Crippen LogP contribution < -0.4 is 5.32 Å². The van der Waals surface area contributed by atoms with Crippen molar-refractivity contribution in [1.82, 2.24) is 9.80 Å². The van der Waals surface area contributed by atoms with Crippen molar-refractivity contribution >= 4 is 17.4 Å². The van der Waals surface area contributed by atoms with E-state index in [1.807, 2.05) is 18.2 Å². The van der Waals surface area contributed by atoms with E-state index in [0.717, 1.165) is 26.1 Å². The van der Waals surface area contributed by atoms with Crippen molar-refractivity contribution in [2.45, 2.75) is 13.3 Å². The second kappa shape index (κ2) is 8.64. The first kappa shape index (κ1) is 18.8. The van der Waals surface area contributed by atoms with Crippen molar-refractivity contribution in [3.8, 4) is 0 Å². The van der Waals surface area contributed by atoms with Crippen molar-refractivity contribution in [3.63, 3.8) is 0 Å². The van der Waals surface area contributed by atoms with Crippen molar-refractivity contribution in [2.75, 3.05) is 38.0 Å². The Morgan fingerprint density at radius 2 is 1.78 bits per heavy atom. The molecule has 0 aliphatic carbocycles. The van der Waals surface area contributed by atoms with Crippen LogP contribution in [-0.4, -0.2) is 53.5 Å². The average molecular weight is 368 g/mol. The first-order valence-corrected chi connectivity index (χ1v) is 9.11. The fraction of sp³-hybridized carbons (Fsp3) is 0.350. The molecule has 27 heavy (non-hydrogen) atoms. The van der Waals surface area contributed by atoms with E-state index in [9.17, 15) is 14.9 Å². The lowest BCUT2D eigenvalue weighted by molar-refractivity contribution is -0.385. The number of carbonyl (C=O) groups is 1. The average Bonchev–Trinajstić information content (AvgIpc) is 2.69. The highest BCUT2D eigenvalue weighted by molar-refractivity contribution is 5.90. The smallest absolute Gasteiger partial charge is 0.321 e. The molecule has 0 bridgehead atoms. The Hall–Kier alpha value is -2.93. The zero-order valence-electron chi connectivity index (χ0n) is 15.4. The van der Waals surface area contributed by atoms with Crippen molar-refractivity contribution in [2.24, 2.45) is 0 Å². The molecule has 3 rings (SSSR count). The van der Waals surface area contributed by atoms with Gasteiger partial charge < -0.3 is 10.2 Å². The van der Waals surface area contributed by atoms with Gasteiger partial charge in [-0.2, -0.15) is 0 Å². The highest BCUT2D eigenvalue weighted by atomic mass is 16.6. The molecule has 1 aliphatic heterocycles. The van der Waals surface area contributed by atoms with Gasteiger partial charge in [-0.25, -0.2) is 4.79 Å². The Labute approximate surface area is 158 Å². The molecule has 142 valence electrons. The van der Waals surface area contributed by atoms with E-state index in [2.05, 4.69) is 22.3 Å². The summed E-state index contributed by atoms with van der Waals surface area (Å²) in [6.07, 6.45) is 1.000. The highest BCUT2D eigenvalue weighted by Gasteiger charge is 2.22. The second-order valence-electron chi connectivity index (χ2n) is 6.70. The number of nitro benzene ring substituents is 1. The predicted molar refractivity (Wildman–Crippen MR) is 105 cm³/mol. The number of amides is 2. The van der Waals surface area contributed by atoms with E-state index < -0.39 is 4.92 Å². The summed E-state index contributed by atoms with van der Waals surface area (Å²) in [5.74, 6) is 0. The lowest BCUT2D eigenvalue weighted by atomic mass is 10.1. The van der Waals surface area contributed by atoms with E-state index >= 15 is 0 Å². The molecule has 0 unspecified atom stereocenters. The molecule has 2 amide bonds. The fourth-order valence-electron chi connectivity index (χ4n) is 3.26. The topological polar surface area (TPSA) is 78.7 Å². The van der Waals surface area contributed by atoms with Crippen LogP contribution in [0.5, 0.6) is 0 Å². The molecule has 0 aromatic heterocycles. The van der Waals surface area contributed by atoms with Gasteiger partial charge in [0.1, 0.15) is 0 Å². The summed E-state index contributed by atoms with van der Waals surface area (Å²) >= 11 is 0. The van der Waals surface area contributed by atoms with E-state index in [4.69, 9.17) is 0 Å². The number of anilines is 1. The fourth-order valence-corrected chi connectivity index (χ4v) is 3.26. The third-order valence-electron chi connectivity index (χ3n) is 4.96. The molecule has 1 heterocycles. The number of benzene rings is 2. The molecular formula is C20H24N4O3. The Morgan fingerprint density at radius 1 is 1.07 bits per heavy atom. The van der Waals surface area contributed by atoms with Gasteiger partial charge in [-0.1, -0.05) is 36.4 Å². The lowest BCUT2D eigenvalue weighted by Crippen LogP contribution is -2.50. The van der Waals surface area contributed by atoms with Crippen LogP contribution in [0.15, 0.2) is 48.5 Å². The number of carbonyl (C=O) groups excluding carboxylic acids is 1. The van der Waals surface area contributed by atoms with Crippen molar-refractivity contribution in [1.29, 1.82) is 0 Å². The lowest BCUT2D eigenvalue weighted by Gasteiger charge is -2.34. The number of rotatable bonds is 5. The molecule has 7 heteroatoms. The Morgan fingerprint density at radius 3 is 2.44 bits per heavy atom. The van der Waals surface area contributed by atoms with Crippen LogP contribution in [-0.2, 0) is 6.42 Å². The normalized spacial score (nSPS) is 14.8. The molecule has 0 radical (unpaired) electrons. The monoisotopic (exact) mass is 368 g/mol. The Balaban J connectivity index is 1.50. The first-order valence-electron chi connectivity index (χ1n) is 9.11. The third kappa shape index (κ3) is 4.83. The minimum atomic E-state index is -0.434. The van der Waals surface area contributed by atoms with Crippen LogP contribution >= 0.6 is 0 Å². The molecule has 1 saturated heterocycles. The molecule has 1 N–H and O–H groups in total. The SMILES string of the molecule is Cc1c(NC(=O)N2CCN(CCc3ccccc3)CC2)cccc1[N+](=O)[O-]. The van der Waals surface area contributed by atoms with Gasteiger partial charge >= 0.3 is 6.03 Å². The maximum absolute atomic E-state index is 12.5. The van der Waals surface area contributed by atoms with Gasteiger partial charge in [0, 0.05) is 38.8 Å². The number of urea groups is 1. The third-order valence-corrected chi connectivity index (χ3v) is 4.96. The van der Waals surface area contributed by atoms with Gasteiger partial charge in [0.05, 0.1) is 16.2 Å². The zero-order chi connectivity index (χ0) is 19.2. The summed E-state index contributed by atoms with van der Waals surface area (Å²) < 4.78 is 0. The van der Waals surface area contributed by atoms with Gasteiger partial charge in [0.2, 0.25) is 0 Å². The largest absolute Gasteiger partial charge is 0.322 e. The van der Waals surface area contributed by atoms with Crippen LogP contribution in [0.2, 0.25) is 0 Å². The Bertz CT molecular complexity index is 802. The molecule has 7 nitrogen and oxygen atoms in total. The standard InChI is InChI=1S/C20H24N4O3/c1-16-18(8-5-9-19(16)24(26)27)21-20(25)23-14-12-22(13-15-23)11-10-17-6-3-2-4-7-17/h2-9H,10-15H2,1H3,(H,21,25). The maximum Gasteiger partial charge on any atom is 0.321 e. The van der Waals surface area contributed by atoms with Gasteiger partial charge in [0.15, 0.2) is 0 Å². The highest BCUT2D eigenvalue weighted by Crippen LogP contribution is 2.25. The molecule has 2 aromatic rings. The molecule has 1 fully saturated rings. The first-order chi connectivity index (χ1) is 13.0. The van der Waals surface area contributed by atoms with Gasteiger partial charge in [-0.15, -0.1) is 0 Å². The van der Waals surface area contributed by atoms with Gasteiger partial charge in [-0.05, 0) is 25.0 Å². The maximum atomic E-state index is 12.5. The van der Waals surface area contributed by atoms with Crippen LogP contribution in [0.25, 0.3) is 0 Å². The summed E-state index contributed by atoms with van der Waals surface area (Å²) in [5.41, 5.74) is 2.29. The predicted octanol–water partition coefficient (Wildman–Crippen LogP) is 3.30. The quantitative estimate of drug-likeness (QED) is 0.649. The number of nitrogens with zero attached hydrogens (tertiary/aromatic N) is 3. The van der Waals surface area contributed by atoms with Crippen LogP contribution in [0, 0.1) is 17.0 Å². The summed E-state index contributed by atoms with van der Waals surface area (Å²) in [7, 11) is 0. The Kier molecular flexibility index (Phi) is 6.03. The van der Waals surface area contributed by atoms with E-state index in [1.54, 1.807) is 24.0 Å². The van der Waals surface area contributed by atoms with E-state index in [-0.39, 0.29) is 11.7 Å². The molecule has 1 aliphatic rings. The number of nitro groups is 1. The minimum absolute atomic E-state index is 0.0125. The minimum Gasteiger partial charge on any atom is -0.322 e. The van der Waals surface area contributed by atoms with Crippen molar-refractivity contribution < 1.29 is 9.72 Å². The van der Waals surface area contributed by atoms with Gasteiger partial charge in [0.25, 0.3) is 5.69 Å². The molecule has 0 spiro atoms. The summed E-state index contributed by atoms with van der Waals surface area (Å²) in [6.45, 7) is 5.57.